The number of aromatic nitrogens is 1. The van der Waals surface area contributed by atoms with E-state index in [1.165, 1.54) is 16.6 Å². The molecule has 1 saturated heterocycles. The average molecular weight is 454 g/mol. The van der Waals surface area contributed by atoms with Crippen LogP contribution < -0.4 is 5.56 Å². The molecule has 0 saturated carbocycles. The van der Waals surface area contributed by atoms with Gasteiger partial charge in [0, 0.05) is 18.8 Å². The minimum absolute atomic E-state index is 0.0335. The normalized spacial score (nSPS) is 23.3. The third-order valence-corrected chi connectivity index (χ3v) is 7.06. The van der Waals surface area contributed by atoms with E-state index in [1.807, 2.05) is 0 Å². The number of aryl methyl sites for hydroxylation is 1. The number of ether oxygens (including phenoxy) is 1. The number of rotatable bonds is 7. The third kappa shape index (κ3) is 5.70. The van der Waals surface area contributed by atoms with Crippen LogP contribution in [0.15, 0.2) is 46.9 Å². The molecular formula is C28H39NO4. The van der Waals surface area contributed by atoms with Gasteiger partial charge in [-0.2, -0.15) is 0 Å². The molecule has 33 heavy (non-hydrogen) atoms. The third-order valence-electron chi connectivity index (χ3n) is 7.06. The monoisotopic (exact) mass is 453 g/mol. The van der Waals surface area contributed by atoms with Gasteiger partial charge in [0.25, 0.3) is 5.56 Å². The molecule has 0 spiro atoms. The lowest BCUT2D eigenvalue weighted by molar-refractivity contribution is -0.0631. The van der Waals surface area contributed by atoms with E-state index in [4.69, 9.17) is 4.74 Å². The predicted molar refractivity (Wildman–Crippen MR) is 133 cm³/mol. The molecule has 2 N–H and O–H groups in total. The van der Waals surface area contributed by atoms with Crippen LogP contribution in [0, 0.1) is 17.8 Å². The molecule has 1 aliphatic heterocycles. The molecule has 3 rings (SSSR count). The van der Waals surface area contributed by atoms with Gasteiger partial charge in [0.05, 0.1) is 17.8 Å². The van der Waals surface area contributed by atoms with Crippen LogP contribution in [0.2, 0.25) is 0 Å². The maximum Gasteiger partial charge on any atom is 0.259 e. The fourth-order valence-corrected chi connectivity index (χ4v) is 5.02. The van der Waals surface area contributed by atoms with Crippen LogP contribution in [0.1, 0.15) is 72.0 Å². The minimum atomic E-state index is -0.463. The summed E-state index contributed by atoms with van der Waals surface area (Å²) in [6.45, 7) is 11.1. The summed E-state index contributed by atoms with van der Waals surface area (Å²) in [5, 5.41) is 20.8. The Bertz CT molecular complexity index is 1040. The van der Waals surface area contributed by atoms with E-state index < -0.39 is 6.10 Å². The molecule has 5 nitrogen and oxygen atoms in total. The molecule has 1 aromatic heterocycles. The SMILES string of the molecule is CCC(C)CC(C)/C=C(\C)C1OC(c2c(O)c(-c3ccc(O)cc3)cn(C)c2=O)CCC1C. The Hall–Kier alpha value is -2.53. The molecule has 0 radical (unpaired) electrons. The molecule has 5 heteroatoms. The van der Waals surface area contributed by atoms with Gasteiger partial charge in [-0.05, 0) is 67.2 Å². The van der Waals surface area contributed by atoms with Crippen LogP contribution in [0.4, 0.5) is 0 Å². The average Bonchev–Trinajstić information content (AvgIpc) is 2.77. The second-order valence-electron chi connectivity index (χ2n) is 10.0. The van der Waals surface area contributed by atoms with E-state index in [0.717, 1.165) is 18.4 Å². The number of phenols is 1. The van der Waals surface area contributed by atoms with Crippen LogP contribution in [0.3, 0.4) is 0 Å². The molecular weight excluding hydrogens is 414 g/mol. The summed E-state index contributed by atoms with van der Waals surface area (Å²) in [6, 6.07) is 6.61. The summed E-state index contributed by atoms with van der Waals surface area (Å²) < 4.78 is 8.03. The molecule has 0 bridgehead atoms. The van der Waals surface area contributed by atoms with Gasteiger partial charge >= 0.3 is 0 Å². The number of benzene rings is 1. The Morgan fingerprint density at radius 1 is 1.21 bits per heavy atom. The number of hydrogen-bond acceptors (Lipinski definition) is 4. The van der Waals surface area contributed by atoms with Crippen molar-refractivity contribution in [2.24, 2.45) is 24.8 Å². The highest BCUT2D eigenvalue weighted by Gasteiger charge is 2.34. The molecule has 5 unspecified atom stereocenters. The number of aromatic hydroxyl groups is 2. The Morgan fingerprint density at radius 2 is 1.88 bits per heavy atom. The summed E-state index contributed by atoms with van der Waals surface area (Å²) in [4.78, 5) is 13.1. The number of nitrogens with zero attached hydrogens (tertiary/aromatic N) is 1. The lowest BCUT2D eigenvalue weighted by Crippen LogP contribution is -2.34. The summed E-state index contributed by atoms with van der Waals surface area (Å²) >= 11 is 0. The summed E-state index contributed by atoms with van der Waals surface area (Å²) in [6.07, 6.45) is 7.35. The van der Waals surface area contributed by atoms with Crippen molar-refractivity contribution in [1.82, 2.24) is 4.57 Å². The second kappa shape index (κ2) is 10.6. The number of hydrogen-bond donors (Lipinski definition) is 2. The maximum absolute atomic E-state index is 13.1. The highest BCUT2D eigenvalue weighted by molar-refractivity contribution is 5.71. The van der Waals surface area contributed by atoms with Gasteiger partial charge in [-0.1, -0.05) is 52.3 Å². The summed E-state index contributed by atoms with van der Waals surface area (Å²) in [5.41, 5.74) is 2.58. The number of allylic oxidation sites excluding steroid dienone is 1. The zero-order valence-electron chi connectivity index (χ0n) is 20.8. The van der Waals surface area contributed by atoms with Crippen molar-refractivity contribution in [2.45, 2.75) is 72.5 Å². The summed E-state index contributed by atoms with van der Waals surface area (Å²) in [5.74, 6) is 1.62. The van der Waals surface area contributed by atoms with Crippen molar-refractivity contribution >= 4 is 0 Å². The number of phenolic OH excluding ortho intramolecular Hbond substituents is 1. The van der Waals surface area contributed by atoms with E-state index in [9.17, 15) is 15.0 Å². The fourth-order valence-electron chi connectivity index (χ4n) is 5.02. The second-order valence-corrected chi connectivity index (χ2v) is 10.0. The lowest BCUT2D eigenvalue weighted by Gasteiger charge is -2.36. The molecule has 0 amide bonds. The standard InChI is InChI=1S/C28H39NO4/c1-7-17(2)14-18(3)15-20(5)27-19(4)8-13-24(33-27)25-26(31)23(16-29(6)28(25)32)21-9-11-22(30)12-10-21/h9-12,15-19,24,27,30-31H,7-8,13-14H2,1-6H3/b20-15+. The van der Waals surface area contributed by atoms with Crippen LogP contribution in [0.5, 0.6) is 11.5 Å². The molecule has 2 aromatic rings. The van der Waals surface area contributed by atoms with Crippen LogP contribution in [-0.4, -0.2) is 20.9 Å². The zero-order valence-corrected chi connectivity index (χ0v) is 20.8. The van der Waals surface area contributed by atoms with Crippen molar-refractivity contribution in [2.75, 3.05) is 0 Å². The highest BCUT2D eigenvalue weighted by atomic mass is 16.5. The van der Waals surface area contributed by atoms with Gasteiger partial charge in [0.2, 0.25) is 0 Å². The largest absolute Gasteiger partial charge is 0.508 e. The fraction of sp³-hybridized carbons (Fsp3) is 0.536. The van der Waals surface area contributed by atoms with Gasteiger partial charge in [0.1, 0.15) is 11.5 Å². The highest BCUT2D eigenvalue weighted by Crippen LogP contribution is 2.42. The molecule has 2 heterocycles. The molecule has 5 atom stereocenters. The molecule has 0 aliphatic carbocycles. The Morgan fingerprint density at radius 3 is 2.52 bits per heavy atom. The first-order valence-corrected chi connectivity index (χ1v) is 12.2. The zero-order chi connectivity index (χ0) is 24.3. The van der Waals surface area contributed by atoms with Gasteiger partial charge < -0.3 is 19.5 Å². The maximum atomic E-state index is 13.1. The molecule has 1 aromatic carbocycles. The topological polar surface area (TPSA) is 71.7 Å². The van der Waals surface area contributed by atoms with Gasteiger partial charge in [-0.15, -0.1) is 0 Å². The van der Waals surface area contributed by atoms with Crippen LogP contribution in [0.25, 0.3) is 11.1 Å². The van der Waals surface area contributed by atoms with Gasteiger partial charge in [0.15, 0.2) is 0 Å². The first-order valence-electron chi connectivity index (χ1n) is 12.2. The Kier molecular flexibility index (Phi) is 8.06. The van der Waals surface area contributed by atoms with Gasteiger partial charge in [-0.3, -0.25) is 4.79 Å². The van der Waals surface area contributed by atoms with E-state index in [-0.39, 0.29) is 23.2 Å². The molecule has 180 valence electrons. The Balaban J connectivity index is 1.93. The smallest absolute Gasteiger partial charge is 0.259 e. The first-order chi connectivity index (χ1) is 15.6. The van der Waals surface area contributed by atoms with Crippen molar-refractivity contribution < 1.29 is 14.9 Å². The van der Waals surface area contributed by atoms with Crippen LogP contribution >= 0.6 is 0 Å². The van der Waals surface area contributed by atoms with Gasteiger partial charge in [-0.25, -0.2) is 0 Å². The van der Waals surface area contributed by atoms with Crippen molar-refractivity contribution in [3.05, 3.63) is 58.0 Å². The van der Waals surface area contributed by atoms with E-state index >= 15 is 0 Å². The molecule has 1 fully saturated rings. The Labute approximate surface area is 197 Å². The number of pyridine rings is 1. The van der Waals surface area contributed by atoms with Crippen molar-refractivity contribution in [3.8, 4) is 22.6 Å². The summed E-state index contributed by atoms with van der Waals surface area (Å²) in [7, 11) is 1.69. The van der Waals surface area contributed by atoms with E-state index in [2.05, 4.69) is 40.7 Å². The predicted octanol–water partition coefficient (Wildman–Crippen LogP) is 6.34. The quantitative estimate of drug-likeness (QED) is 0.480. The van der Waals surface area contributed by atoms with Crippen molar-refractivity contribution in [1.29, 1.82) is 0 Å². The lowest BCUT2D eigenvalue weighted by atomic mass is 9.85. The van der Waals surface area contributed by atoms with Crippen molar-refractivity contribution in [3.63, 3.8) is 0 Å². The van der Waals surface area contributed by atoms with Crippen LogP contribution in [-0.2, 0) is 11.8 Å². The minimum Gasteiger partial charge on any atom is -0.508 e. The first kappa shape index (κ1) is 25.1. The molecule has 1 aliphatic rings. The van der Waals surface area contributed by atoms with E-state index in [1.54, 1.807) is 37.5 Å². The van der Waals surface area contributed by atoms with E-state index in [0.29, 0.717) is 35.3 Å².